The molecular weight excluding hydrogens is 198 g/mol. The molecule has 16 heavy (non-hydrogen) atoms. The van der Waals surface area contributed by atoms with Gasteiger partial charge in [-0.05, 0) is 52.4 Å². The lowest BCUT2D eigenvalue weighted by molar-refractivity contribution is -0.0795. The molecule has 1 atom stereocenters. The Morgan fingerprint density at radius 3 is 2.44 bits per heavy atom. The zero-order valence-electron chi connectivity index (χ0n) is 11.3. The maximum Gasteiger partial charge on any atom is 0.0868 e. The molecule has 0 amide bonds. The van der Waals surface area contributed by atoms with Gasteiger partial charge in [0.15, 0.2) is 0 Å². The average molecular weight is 225 g/mol. The smallest absolute Gasteiger partial charge is 0.0868 e. The number of ether oxygens (including phenoxy) is 1. The van der Waals surface area contributed by atoms with Crippen molar-refractivity contribution in [1.82, 2.24) is 0 Å². The number of hydrogen-bond acceptors (Lipinski definition) is 2. The molecule has 2 nitrogen and oxygen atoms in total. The summed E-state index contributed by atoms with van der Waals surface area (Å²) in [6.45, 7) is 9.35. The number of allylic oxidation sites excluding steroid dienone is 1. The largest absolute Gasteiger partial charge is 0.373 e. The van der Waals surface area contributed by atoms with Crippen LogP contribution in [0.4, 0.5) is 0 Å². The molecule has 94 valence electrons. The molecule has 0 heterocycles. The molecule has 0 aromatic heterocycles. The summed E-state index contributed by atoms with van der Waals surface area (Å²) in [5, 5.41) is 0. The van der Waals surface area contributed by atoms with E-state index < -0.39 is 0 Å². The van der Waals surface area contributed by atoms with Crippen LogP contribution in [-0.4, -0.2) is 18.2 Å². The molecule has 0 radical (unpaired) electrons. The van der Waals surface area contributed by atoms with Crippen LogP contribution in [-0.2, 0) is 4.74 Å². The monoisotopic (exact) mass is 225 g/mol. The molecule has 1 aliphatic carbocycles. The zero-order chi connectivity index (χ0) is 12.2. The minimum absolute atomic E-state index is 0.0462. The van der Waals surface area contributed by atoms with Gasteiger partial charge in [-0.3, -0.25) is 0 Å². The van der Waals surface area contributed by atoms with Crippen molar-refractivity contribution < 1.29 is 4.74 Å². The van der Waals surface area contributed by atoms with E-state index in [1.54, 1.807) is 0 Å². The fourth-order valence-corrected chi connectivity index (χ4v) is 2.62. The van der Waals surface area contributed by atoms with E-state index in [2.05, 4.69) is 33.8 Å². The van der Waals surface area contributed by atoms with Crippen LogP contribution < -0.4 is 5.73 Å². The van der Waals surface area contributed by atoms with Crippen molar-refractivity contribution in [2.45, 2.75) is 65.0 Å². The second-order valence-corrected chi connectivity index (χ2v) is 5.45. The summed E-state index contributed by atoms with van der Waals surface area (Å²) in [6.07, 6.45) is 6.85. The quantitative estimate of drug-likeness (QED) is 0.745. The highest BCUT2D eigenvalue weighted by atomic mass is 16.5. The van der Waals surface area contributed by atoms with Crippen LogP contribution in [0.2, 0.25) is 0 Å². The van der Waals surface area contributed by atoms with Crippen LogP contribution >= 0.6 is 0 Å². The van der Waals surface area contributed by atoms with Crippen molar-refractivity contribution in [2.24, 2.45) is 11.7 Å². The highest BCUT2D eigenvalue weighted by molar-refractivity contribution is 5.09. The first-order valence-corrected chi connectivity index (χ1v) is 6.54. The maximum absolute atomic E-state index is 6.31. The van der Waals surface area contributed by atoms with E-state index in [-0.39, 0.29) is 11.6 Å². The zero-order valence-corrected chi connectivity index (χ0v) is 11.3. The van der Waals surface area contributed by atoms with E-state index in [4.69, 9.17) is 10.5 Å². The van der Waals surface area contributed by atoms with Crippen LogP contribution in [0.15, 0.2) is 11.6 Å². The van der Waals surface area contributed by atoms with Gasteiger partial charge in [0.2, 0.25) is 0 Å². The Morgan fingerprint density at radius 2 is 2.00 bits per heavy atom. The van der Waals surface area contributed by atoms with Crippen molar-refractivity contribution in [1.29, 1.82) is 0 Å². The molecule has 0 aromatic rings. The van der Waals surface area contributed by atoms with Gasteiger partial charge in [0.05, 0.1) is 11.6 Å². The second-order valence-electron chi connectivity index (χ2n) is 5.45. The Kier molecular flexibility index (Phi) is 5.00. The van der Waals surface area contributed by atoms with Gasteiger partial charge < -0.3 is 10.5 Å². The maximum atomic E-state index is 6.31. The fourth-order valence-electron chi connectivity index (χ4n) is 2.62. The number of hydrogen-bond donors (Lipinski definition) is 1. The van der Waals surface area contributed by atoms with E-state index in [1.807, 2.05) is 0 Å². The van der Waals surface area contributed by atoms with Crippen molar-refractivity contribution in [3.63, 3.8) is 0 Å². The minimum atomic E-state index is -0.0987. The lowest BCUT2D eigenvalue weighted by Gasteiger charge is -2.42. The normalized spacial score (nSPS) is 32.2. The Hall–Kier alpha value is -0.340. The van der Waals surface area contributed by atoms with Gasteiger partial charge in [-0.15, -0.1) is 0 Å². The summed E-state index contributed by atoms with van der Waals surface area (Å²) >= 11 is 0. The first kappa shape index (κ1) is 13.7. The van der Waals surface area contributed by atoms with Crippen LogP contribution in [0.5, 0.6) is 0 Å². The van der Waals surface area contributed by atoms with Gasteiger partial charge in [0.25, 0.3) is 0 Å². The lowest BCUT2D eigenvalue weighted by Crippen LogP contribution is -2.51. The van der Waals surface area contributed by atoms with Gasteiger partial charge in [0, 0.05) is 6.61 Å². The van der Waals surface area contributed by atoms with Crippen molar-refractivity contribution in [3.05, 3.63) is 11.6 Å². The van der Waals surface area contributed by atoms with Crippen molar-refractivity contribution in [2.75, 3.05) is 6.61 Å². The van der Waals surface area contributed by atoms with E-state index in [9.17, 15) is 0 Å². The highest BCUT2D eigenvalue weighted by Crippen LogP contribution is 2.37. The van der Waals surface area contributed by atoms with Gasteiger partial charge in [0.1, 0.15) is 0 Å². The summed E-state index contributed by atoms with van der Waals surface area (Å²) in [5.41, 5.74) is 7.50. The topological polar surface area (TPSA) is 35.2 Å². The van der Waals surface area contributed by atoms with E-state index in [0.29, 0.717) is 0 Å². The first-order valence-electron chi connectivity index (χ1n) is 6.54. The molecule has 2 heteroatoms. The molecule has 1 unspecified atom stereocenters. The Morgan fingerprint density at radius 1 is 1.44 bits per heavy atom. The molecule has 1 saturated carbocycles. The summed E-state index contributed by atoms with van der Waals surface area (Å²) in [7, 11) is 0. The number of rotatable bonds is 4. The Bertz CT molecular complexity index is 235. The van der Waals surface area contributed by atoms with Crippen molar-refractivity contribution >= 4 is 0 Å². The molecule has 2 N–H and O–H groups in total. The van der Waals surface area contributed by atoms with Gasteiger partial charge >= 0.3 is 0 Å². The Labute approximate surface area is 100 Å². The molecular formula is C14H27NO. The minimum Gasteiger partial charge on any atom is -0.373 e. The van der Waals surface area contributed by atoms with Gasteiger partial charge in [-0.25, -0.2) is 0 Å². The molecule has 0 saturated heterocycles. The third kappa shape index (κ3) is 3.33. The standard InChI is InChI=1S/C14H27NO/c1-5-16-14(13(15)10-11(2)3)8-6-12(4)7-9-14/h10,12-13H,5-9,15H2,1-4H3. The predicted molar refractivity (Wildman–Crippen MR) is 69.4 cm³/mol. The summed E-state index contributed by atoms with van der Waals surface area (Å²) < 4.78 is 6.01. The van der Waals surface area contributed by atoms with E-state index in [1.165, 1.54) is 18.4 Å². The van der Waals surface area contributed by atoms with Crippen molar-refractivity contribution in [3.8, 4) is 0 Å². The molecule has 0 aliphatic heterocycles. The van der Waals surface area contributed by atoms with Crippen LogP contribution in [0, 0.1) is 5.92 Å². The molecule has 1 rings (SSSR count). The third-order valence-corrected chi connectivity index (χ3v) is 3.67. The van der Waals surface area contributed by atoms with E-state index in [0.717, 1.165) is 25.4 Å². The highest BCUT2D eigenvalue weighted by Gasteiger charge is 2.39. The lowest BCUT2D eigenvalue weighted by atomic mass is 9.75. The predicted octanol–water partition coefficient (Wildman–Crippen LogP) is 3.27. The third-order valence-electron chi connectivity index (χ3n) is 3.67. The summed E-state index contributed by atoms with van der Waals surface area (Å²) in [4.78, 5) is 0. The Balaban J connectivity index is 2.76. The molecule has 0 aromatic carbocycles. The molecule has 1 aliphatic rings. The van der Waals surface area contributed by atoms with Gasteiger partial charge in [-0.1, -0.05) is 18.6 Å². The SMILES string of the molecule is CCOC1(C(N)C=C(C)C)CCC(C)CC1. The summed E-state index contributed by atoms with van der Waals surface area (Å²) in [6, 6.07) is 0.0462. The van der Waals surface area contributed by atoms with Gasteiger partial charge in [-0.2, -0.15) is 0 Å². The first-order chi connectivity index (χ1) is 7.50. The number of nitrogens with two attached hydrogens (primary N) is 1. The van der Waals surface area contributed by atoms with E-state index >= 15 is 0 Å². The van der Waals surface area contributed by atoms with Crippen LogP contribution in [0.1, 0.15) is 53.4 Å². The van der Waals surface area contributed by atoms with Crippen LogP contribution in [0.3, 0.4) is 0 Å². The second kappa shape index (κ2) is 5.83. The molecule has 0 spiro atoms. The average Bonchev–Trinajstić information content (AvgIpc) is 2.21. The molecule has 0 bridgehead atoms. The fraction of sp³-hybridized carbons (Fsp3) is 0.857. The summed E-state index contributed by atoms with van der Waals surface area (Å²) in [5.74, 6) is 0.826. The molecule has 1 fully saturated rings. The van der Waals surface area contributed by atoms with Crippen LogP contribution in [0.25, 0.3) is 0 Å².